The standard InChI is InChI=1S/C24H34BrN5O7S/c25-14-9-15(38-12-14)11-36-22-17-21(28-24(26)29-22)30(13-27-17)7-5-3-1-2-4-6-8-35-23-20(34)19(33)18(32)16(10-31)37-23/h9,12-13,16,18-20,23,31-34H,1-8,10-11H2,(H2,26,28,29)/t16-,18+,19+,20+,23-/m0/s1. The fraction of sp³-hybridized carbons (Fsp3) is 0.625. The normalized spacial score (nSPS) is 23.8. The Bertz CT molecular complexity index is 1160. The molecule has 3 aromatic heterocycles. The number of hydrogen-bond acceptors (Lipinski definition) is 12. The second-order valence-electron chi connectivity index (χ2n) is 9.21. The van der Waals surface area contributed by atoms with E-state index in [0.717, 1.165) is 54.4 Å². The molecule has 0 radical (unpaired) electrons. The molecule has 210 valence electrons. The van der Waals surface area contributed by atoms with Crippen molar-refractivity contribution in [1.82, 2.24) is 19.5 Å². The highest BCUT2D eigenvalue weighted by Gasteiger charge is 2.43. The number of hydrogen-bond donors (Lipinski definition) is 5. The van der Waals surface area contributed by atoms with Crippen LogP contribution in [0.25, 0.3) is 11.2 Å². The third-order valence-corrected chi connectivity index (χ3v) is 8.02. The molecule has 1 fully saturated rings. The minimum absolute atomic E-state index is 0.146. The number of aryl methyl sites for hydroxylation is 1. The number of aliphatic hydroxyl groups is 4. The van der Waals surface area contributed by atoms with Crippen LogP contribution in [0.3, 0.4) is 0 Å². The quantitative estimate of drug-likeness (QED) is 0.167. The van der Waals surface area contributed by atoms with Crippen molar-refractivity contribution in [2.24, 2.45) is 0 Å². The summed E-state index contributed by atoms with van der Waals surface area (Å²) < 4.78 is 19.7. The predicted octanol–water partition coefficient (Wildman–Crippen LogP) is 1.97. The van der Waals surface area contributed by atoms with Gasteiger partial charge in [-0.1, -0.05) is 25.7 Å². The molecule has 0 saturated carbocycles. The van der Waals surface area contributed by atoms with Crippen molar-refractivity contribution in [2.75, 3.05) is 18.9 Å². The summed E-state index contributed by atoms with van der Waals surface area (Å²) >= 11 is 5.03. The summed E-state index contributed by atoms with van der Waals surface area (Å²) in [5.74, 6) is 0.522. The lowest BCUT2D eigenvalue weighted by molar-refractivity contribution is -0.301. The molecule has 12 nitrogen and oxygen atoms in total. The molecule has 0 unspecified atom stereocenters. The van der Waals surface area contributed by atoms with Crippen molar-refractivity contribution in [3.63, 3.8) is 0 Å². The number of imidazole rings is 1. The highest BCUT2D eigenvalue weighted by atomic mass is 79.9. The first kappa shape index (κ1) is 29.1. The summed E-state index contributed by atoms with van der Waals surface area (Å²) in [4.78, 5) is 14.1. The maximum absolute atomic E-state index is 10.00. The predicted molar refractivity (Wildman–Crippen MR) is 144 cm³/mol. The molecule has 1 saturated heterocycles. The molecule has 14 heteroatoms. The fourth-order valence-electron chi connectivity index (χ4n) is 4.26. The van der Waals surface area contributed by atoms with E-state index in [1.807, 2.05) is 16.0 Å². The number of aliphatic hydroxyl groups excluding tert-OH is 4. The number of ether oxygens (including phenoxy) is 3. The van der Waals surface area contributed by atoms with E-state index in [-0.39, 0.29) is 5.95 Å². The minimum Gasteiger partial charge on any atom is -0.470 e. The van der Waals surface area contributed by atoms with Crippen molar-refractivity contribution in [1.29, 1.82) is 0 Å². The van der Waals surface area contributed by atoms with E-state index in [2.05, 4.69) is 30.9 Å². The van der Waals surface area contributed by atoms with Gasteiger partial charge in [-0.3, -0.25) is 0 Å². The van der Waals surface area contributed by atoms with Gasteiger partial charge in [-0.2, -0.15) is 9.97 Å². The number of nitrogens with zero attached hydrogens (tertiary/aromatic N) is 4. The van der Waals surface area contributed by atoms with Gasteiger partial charge in [0.15, 0.2) is 17.5 Å². The third-order valence-electron chi connectivity index (χ3n) is 6.35. The smallest absolute Gasteiger partial charge is 0.247 e. The number of thiophene rings is 1. The van der Waals surface area contributed by atoms with Gasteiger partial charge in [0.2, 0.25) is 11.8 Å². The Labute approximate surface area is 232 Å². The van der Waals surface area contributed by atoms with Crippen LogP contribution in [0.15, 0.2) is 22.2 Å². The van der Waals surface area contributed by atoms with Crippen LogP contribution in [0, 0.1) is 0 Å². The van der Waals surface area contributed by atoms with Gasteiger partial charge < -0.3 is 44.9 Å². The first-order valence-corrected chi connectivity index (χ1v) is 14.3. The van der Waals surface area contributed by atoms with Gasteiger partial charge >= 0.3 is 0 Å². The van der Waals surface area contributed by atoms with E-state index in [9.17, 15) is 20.4 Å². The SMILES string of the molecule is Nc1nc(OCc2cc(Br)cs2)c2ncn(CCCCCCCCO[C@H]3O[C@@H](CO)[C@@H](O)[C@@H](O)[C@H]3O)c2n1. The Hall–Kier alpha value is -1.91. The van der Waals surface area contributed by atoms with E-state index in [4.69, 9.17) is 19.9 Å². The molecule has 3 aromatic rings. The number of anilines is 1. The van der Waals surface area contributed by atoms with Crippen LogP contribution >= 0.6 is 27.3 Å². The van der Waals surface area contributed by atoms with Crippen molar-refractivity contribution in [3.8, 4) is 5.88 Å². The Balaban J connectivity index is 1.14. The number of fused-ring (bicyclic) bond motifs is 1. The lowest BCUT2D eigenvalue weighted by Gasteiger charge is -2.39. The van der Waals surface area contributed by atoms with Gasteiger partial charge in [0.25, 0.3) is 0 Å². The molecule has 4 rings (SSSR count). The van der Waals surface area contributed by atoms with E-state index in [0.29, 0.717) is 30.3 Å². The summed E-state index contributed by atoms with van der Waals surface area (Å²) in [7, 11) is 0. The Morgan fingerprint density at radius 2 is 1.82 bits per heavy atom. The van der Waals surface area contributed by atoms with Gasteiger partial charge in [0.05, 0.1) is 12.9 Å². The van der Waals surface area contributed by atoms with Crippen LogP contribution in [0.5, 0.6) is 5.88 Å². The van der Waals surface area contributed by atoms with Crippen LogP contribution in [0.4, 0.5) is 5.95 Å². The number of aromatic nitrogens is 4. The van der Waals surface area contributed by atoms with Gasteiger partial charge in [0.1, 0.15) is 31.0 Å². The molecule has 0 spiro atoms. The third kappa shape index (κ3) is 7.39. The molecule has 5 atom stereocenters. The molecule has 38 heavy (non-hydrogen) atoms. The van der Waals surface area contributed by atoms with E-state index in [1.54, 1.807) is 17.7 Å². The van der Waals surface area contributed by atoms with E-state index < -0.39 is 37.3 Å². The Morgan fingerprint density at radius 3 is 2.55 bits per heavy atom. The maximum Gasteiger partial charge on any atom is 0.247 e. The molecule has 0 amide bonds. The molecule has 6 N–H and O–H groups in total. The Morgan fingerprint density at radius 1 is 1.05 bits per heavy atom. The maximum atomic E-state index is 10.00. The van der Waals surface area contributed by atoms with Crippen molar-refractivity contribution >= 4 is 44.4 Å². The average Bonchev–Trinajstić information content (AvgIpc) is 3.51. The molecular weight excluding hydrogens is 582 g/mol. The molecule has 0 aliphatic carbocycles. The van der Waals surface area contributed by atoms with Crippen molar-refractivity contribution in [3.05, 3.63) is 27.1 Å². The topological polar surface area (TPSA) is 178 Å². The highest BCUT2D eigenvalue weighted by Crippen LogP contribution is 2.26. The first-order chi connectivity index (χ1) is 18.4. The molecule has 1 aliphatic heterocycles. The zero-order chi connectivity index (χ0) is 27.1. The van der Waals surface area contributed by atoms with E-state index >= 15 is 0 Å². The number of nitrogen functional groups attached to an aromatic ring is 1. The largest absolute Gasteiger partial charge is 0.470 e. The summed E-state index contributed by atoms with van der Waals surface area (Å²) in [6.07, 6.45) is 1.31. The number of rotatable bonds is 14. The molecule has 4 heterocycles. The molecule has 0 bridgehead atoms. The highest BCUT2D eigenvalue weighted by molar-refractivity contribution is 9.10. The number of halogens is 1. The summed E-state index contributed by atoms with van der Waals surface area (Å²) in [5, 5.41) is 40.9. The van der Waals surface area contributed by atoms with Crippen molar-refractivity contribution in [2.45, 2.75) is 82.4 Å². The second kappa shape index (κ2) is 13.9. The summed E-state index contributed by atoms with van der Waals surface area (Å²) in [6, 6.07) is 2.00. The van der Waals surface area contributed by atoms with Crippen LogP contribution < -0.4 is 10.5 Å². The van der Waals surface area contributed by atoms with Gasteiger partial charge in [-0.25, -0.2) is 4.98 Å². The zero-order valence-electron chi connectivity index (χ0n) is 20.9. The fourth-order valence-corrected chi connectivity index (χ4v) is 5.63. The minimum atomic E-state index is -1.42. The molecular formula is C24H34BrN5O7S. The van der Waals surface area contributed by atoms with Gasteiger partial charge in [0, 0.05) is 27.9 Å². The lowest BCUT2D eigenvalue weighted by Crippen LogP contribution is -2.59. The number of unbranched alkanes of at least 4 members (excludes halogenated alkanes) is 5. The van der Waals surface area contributed by atoms with E-state index in [1.165, 1.54) is 0 Å². The zero-order valence-corrected chi connectivity index (χ0v) is 23.3. The van der Waals surface area contributed by atoms with Crippen molar-refractivity contribution < 1.29 is 34.6 Å². The van der Waals surface area contributed by atoms with Crippen LogP contribution in [0.1, 0.15) is 43.4 Å². The van der Waals surface area contributed by atoms with Crippen LogP contribution in [-0.2, 0) is 22.6 Å². The monoisotopic (exact) mass is 615 g/mol. The summed E-state index contributed by atoms with van der Waals surface area (Å²) in [6.45, 7) is 1.01. The lowest BCUT2D eigenvalue weighted by atomic mass is 9.99. The van der Waals surface area contributed by atoms with Gasteiger partial charge in [-0.05, 0) is 34.8 Å². The second-order valence-corrected chi connectivity index (χ2v) is 11.1. The molecule has 0 aromatic carbocycles. The average molecular weight is 617 g/mol. The van der Waals surface area contributed by atoms with Crippen LogP contribution in [-0.4, -0.2) is 83.9 Å². The number of nitrogens with two attached hydrogens (primary N) is 1. The first-order valence-electron chi connectivity index (χ1n) is 12.6. The van der Waals surface area contributed by atoms with Crippen LogP contribution in [0.2, 0.25) is 0 Å². The van der Waals surface area contributed by atoms with Gasteiger partial charge in [-0.15, -0.1) is 11.3 Å². The molecule has 1 aliphatic rings. The Kier molecular flexibility index (Phi) is 10.7. The summed E-state index contributed by atoms with van der Waals surface area (Å²) in [5.41, 5.74) is 7.18.